The minimum absolute atomic E-state index is 0.0235. The highest BCUT2D eigenvalue weighted by Gasteiger charge is 2.46. The fraction of sp³-hybridized carbons (Fsp3) is 0.440. The number of carbonyl (C=O) groups is 3. The third-order valence-corrected chi connectivity index (χ3v) is 9.19. The van der Waals surface area contributed by atoms with Crippen molar-refractivity contribution in [3.05, 3.63) is 37.8 Å². The van der Waals surface area contributed by atoms with E-state index in [-0.39, 0.29) is 21.6 Å². The van der Waals surface area contributed by atoms with Crippen LogP contribution in [0.5, 0.6) is 5.75 Å². The van der Waals surface area contributed by atoms with Gasteiger partial charge in [0.25, 0.3) is 0 Å². The van der Waals surface area contributed by atoms with E-state index < -0.39 is 17.5 Å². The predicted octanol–water partition coefficient (Wildman–Crippen LogP) is 5.33. The summed E-state index contributed by atoms with van der Waals surface area (Å²) in [6.07, 6.45) is 0.694. The highest BCUT2D eigenvalue weighted by molar-refractivity contribution is 8.29. The van der Waals surface area contributed by atoms with E-state index in [9.17, 15) is 14.4 Å². The van der Waals surface area contributed by atoms with Gasteiger partial charge in [-0.25, -0.2) is 9.59 Å². The van der Waals surface area contributed by atoms with Gasteiger partial charge in [0.2, 0.25) is 5.91 Å². The smallest absolute Gasteiger partial charge is 0.346 e. The molecule has 1 aromatic rings. The summed E-state index contributed by atoms with van der Waals surface area (Å²) >= 11 is 8.25. The SMILES string of the molecule is CCOc1ccc2c(c1)C(=C1SC(C(=O)OC)=C(C(=O)OC)S1)C(=S)C(C)(C)N2C(=O)[C@@H](C)CC. The molecule has 0 radical (unpaired) electrons. The molecule has 0 aromatic heterocycles. The molecule has 0 N–H and O–H groups in total. The molecule has 1 amide bonds. The van der Waals surface area contributed by atoms with E-state index in [0.717, 1.165) is 23.5 Å². The lowest BCUT2D eigenvalue weighted by atomic mass is 9.82. The number of methoxy groups -OCH3 is 2. The average Bonchev–Trinajstić information content (AvgIpc) is 3.28. The molecule has 0 fully saturated rings. The zero-order valence-electron chi connectivity index (χ0n) is 20.8. The normalized spacial score (nSPS) is 17.8. The molecule has 1 aromatic carbocycles. The number of esters is 2. The summed E-state index contributed by atoms with van der Waals surface area (Å²) in [5.41, 5.74) is 1.26. The second-order valence-electron chi connectivity index (χ2n) is 8.49. The van der Waals surface area contributed by atoms with Gasteiger partial charge in [-0.1, -0.05) is 49.6 Å². The summed E-state index contributed by atoms with van der Waals surface area (Å²) < 4.78 is 16.2. The predicted molar refractivity (Wildman–Crippen MR) is 144 cm³/mol. The van der Waals surface area contributed by atoms with Crippen LogP contribution in [0.4, 0.5) is 5.69 Å². The van der Waals surface area contributed by atoms with E-state index >= 15 is 0 Å². The number of anilines is 1. The first kappa shape index (κ1) is 27.3. The number of rotatable bonds is 6. The minimum atomic E-state index is -0.834. The number of ether oxygens (including phenoxy) is 3. The molecule has 0 saturated heterocycles. The lowest BCUT2D eigenvalue weighted by Crippen LogP contribution is -2.57. The van der Waals surface area contributed by atoms with Gasteiger partial charge >= 0.3 is 11.9 Å². The van der Waals surface area contributed by atoms with Crippen LogP contribution in [0.1, 0.15) is 46.6 Å². The van der Waals surface area contributed by atoms with Gasteiger partial charge < -0.3 is 19.1 Å². The molecule has 2 aliphatic heterocycles. The van der Waals surface area contributed by atoms with Gasteiger partial charge in [-0.05, 0) is 45.4 Å². The maximum atomic E-state index is 13.5. The fourth-order valence-corrected chi connectivity index (χ4v) is 6.88. The summed E-state index contributed by atoms with van der Waals surface area (Å²) in [7, 11) is 2.52. The van der Waals surface area contributed by atoms with Gasteiger partial charge in [0.1, 0.15) is 15.6 Å². The van der Waals surface area contributed by atoms with Crippen molar-refractivity contribution in [2.45, 2.75) is 46.6 Å². The number of amides is 1. The van der Waals surface area contributed by atoms with Crippen molar-refractivity contribution in [3.8, 4) is 5.75 Å². The second kappa shape index (κ2) is 10.8. The minimum Gasteiger partial charge on any atom is -0.494 e. The molecule has 0 unspecified atom stereocenters. The lowest BCUT2D eigenvalue weighted by molar-refractivity contribution is -0.138. The number of fused-ring (bicyclic) bond motifs is 1. The molecule has 2 aliphatic rings. The van der Waals surface area contributed by atoms with Crippen molar-refractivity contribution in [2.75, 3.05) is 25.7 Å². The molecule has 0 aliphatic carbocycles. The van der Waals surface area contributed by atoms with Gasteiger partial charge in [0.15, 0.2) is 0 Å². The van der Waals surface area contributed by atoms with E-state index in [1.54, 1.807) is 4.90 Å². The van der Waals surface area contributed by atoms with Crippen molar-refractivity contribution in [2.24, 2.45) is 5.92 Å². The summed E-state index contributed by atoms with van der Waals surface area (Å²) in [4.78, 5) is 41.0. The summed E-state index contributed by atoms with van der Waals surface area (Å²) in [5.74, 6) is -0.845. The standard InChI is InChI=1S/C25H29NO6S3/c1-8-13(3)21(27)26-16-11-10-14(32-9-2)12-15(16)17(20(33)25(26,4)5)24-34-18(22(28)30-6)19(35-24)23(29)31-7/h10-13H,8-9H2,1-7H3/t13-/m0/s1. The molecule has 0 bridgehead atoms. The fourth-order valence-electron chi connectivity index (χ4n) is 3.84. The first-order valence-corrected chi connectivity index (χ1v) is 13.2. The zero-order valence-corrected chi connectivity index (χ0v) is 23.3. The van der Waals surface area contributed by atoms with Crippen molar-refractivity contribution < 1.29 is 28.6 Å². The van der Waals surface area contributed by atoms with Gasteiger partial charge in [0.05, 0.1) is 41.2 Å². The molecular formula is C25H29NO6S3. The van der Waals surface area contributed by atoms with Crippen LogP contribution in [0.25, 0.3) is 5.57 Å². The zero-order chi connectivity index (χ0) is 26.1. The average molecular weight is 536 g/mol. The third kappa shape index (κ3) is 4.88. The molecular weight excluding hydrogens is 506 g/mol. The van der Waals surface area contributed by atoms with Crippen LogP contribution >= 0.6 is 35.7 Å². The molecule has 35 heavy (non-hydrogen) atoms. The summed E-state index contributed by atoms with van der Waals surface area (Å²) in [6.45, 7) is 10.1. The number of hydrogen-bond acceptors (Lipinski definition) is 9. The largest absolute Gasteiger partial charge is 0.494 e. The Labute approximate surface area is 219 Å². The summed E-state index contributed by atoms with van der Waals surface area (Å²) in [5, 5.41) is 0. The van der Waals surface area contributed by atoms with Crippen molar-refractivity contribution >= 4 is 69.7 Å². The van der Waals surface area contributed by atoms with Crippen molar-refractivity contribution in [1.82, 2.24) is 0 Å². The third-order valence-electron chi connectivity index (χ3n) is 5.93. The van der Waals surface area contributed by atoms with E-state index in [0.29, 0.717) is 44.7 Å². The Morgan fingerprint density at radius 2 is 1.63 bits per heavy atom. The molecule has 7 nitrogen and oxygen atoms in total. The highest BCUT2D eigenvalue weighted by atomic mass is 32.2. The van der Waals surface area contributed by atoms with E-state index in [1.165, 1.54) is 14.2 Å². The Hall–Kier alpha value is -2.30. The molecule has 10 heteroatoms. The number of carbonyl (C=O) groups excluding carboxylic acids is 3. The van der Waals surface area contributed by atoms with Gasteiger partial charge in [-0.3, -0.25) is 4.79 Å². The molecule has 0 spiro atoms. The molecule has 0 saturated carbocycles. The van der Waals surface area contributed by atoms with Crippen molar-refractivity contribution in [1.29, 1.82) is 0 Å². The highest BCUT2D eigenvalue weighted by Crippen LogP contribution is 2.56. The summed E-state index contributed by atoms with van der Waals surface area (Å²) in [6, 6.07) is 5.55. The maximum Gasteiger partial charge on any atom is 0.346 e. The van der Waals surface area contributed by atoms with Gasteiger partial charge in [-0.2, -0.15) is 0 Å². The molecule has 188 valence electrons. The molecule has 3 rings (SSSR count). The van der Waals surface area contributed by atoms with Crippen LogP contribution < -0.4 is 9.64 Å². The first-order valence-electron chi connectivity index (χ1n) is 11.2. The lowest BCUT2D eigenvalue weighted by Gasteiger charge is -2.46. The van der Waals surface area contributed by atoms with E-state index in [4.69, 9.17) is 26.4 Å². The Bertz CT molecular complexity index is 1120. The number of thiocarbonyl (C=S) groups is 1. The Morgan fingerprint density at radius 1 is 1.06 bits per heavy atom. The monoisotopic (exact) mass is 535 g/mol. The Kier molecular flexibility index (Phi) is 8.39. The number of nitrogens with zero attached hydrogens (tertiary/aromatic N) is 1. The van der Waals surface area contributed by atoms with Crippen molar-refractivity contribution in [3.63, 3.8) is 0 Å². The number of thioether (sulfide) groups is 2. The van der Waals surface area contributed by atoms with Crippen LogP contribution in [0.2, 0.25) is 0 Å². The van der Waals surface area contributed by atoms with Crippen LogP contribution in [0, 0.1) is 5.92 Å². The topological polar surface area (TPSA) is 82.1 Å². The van der Waals surface area contributed by atoms with E-state index in [1.807, 2.05) is 52.8 Å². The van der Waals surface area contributed by atoms with Crippen LogP contribution in [-0.4, -0.2) is 49.1 Å². The Balaban J connectivity index is 2.28. The maximum absolute atomic E-state index is 13.5. The van der Waals surface area contributed by atoms with E-state index in [2.05, 4.69) is 0 Å². The van der Waals surface area contributed by atoms with Gasteiger partial charge in [-0.15, -0.1) is 0 Å². The van der Waals surface area contributed by atoms with Crippen LogP contribution in [0.3, 0.4) is 0 Å². The Morgan fingerprint density at radius 3 is 2.11 bits per heavy atom. The first-order chi connectivity index (χ1) is 16.5. The quantitative estimate of drug-likeness (QED) is 0.273. The molecule has 1 atom stereocenters. The number of benzene rings is 1. The van der Waals surface area contributed by atoms with Gasteiger partial charge in [0, 0.05) is 17.1 Å². The van der Waals surface area contributed by atoms with Crippen LogP contribution in [0.15, 0.2) is 32.2 Å². The molecule has 2 heterocycles. The second-order valence-corrected chi connectivity index (χ2v) is 11.2. The number of hydrogen-bond donors (Lipinski definition) is 0. The van der Waals surface area contributed by atoms with Crippen LogP contribution in [-0.2, 0) is 23.9 Å².